The summed E-state index contributed by atoms with van der Waals surface area (Å²) >= 11 is 0. The van der Waals surface area contributed by atoms with Crippen LogP contribution < -0.4 is 4.74 Å². The highest BCUT2D eigenvalue weighted by Crippen LogP contribution is 2.22. The molecule has 3 rings (SSSR count). The lowest BCUT2D eigenvalue weighted by molar-refractivity contribution is -0.128. The van der Waals surface area contributed by atoms with Gasteiger partial charge in [-0.05, 0) is 34.9 Å². The van der Waals surface area contributed by atoms with Crippen molar-refractivity contribution in [2.45, 2.75) is 0 Å². The van der Waals surface area contributed by atoms with Crippen LogP contribution in [0.5, 0.6) is 5.75 Å². The molecule has 112 valence electrons. The molecule has 0 radical (unpaired) electrons. The topological polar surface area (TPSA) is 26.3 Å². The largest absolute Gasteiger partial charge is 0.423 e. The third-order valence-corrected chi connectivity index (χ3v) is 3.39. The molecule has 0 spiro atoms. The molecular weight excluding hydrogens is 284 g/mol. The van der Waals surface area contributed by atoms with Crippen LogP contribution in [0.1, 0.15) is 5.56 Å². The summed E-state index contributed by atoms with van der Waals surface area (Å²) in [7, 11) is 0. The first-order valence-corrected chi connectivity index (χ1v) is 7.42. The van der Waals surface area contributed by atoms with Crippen LogP contribution in [0.25, 0.3) is 17.2 Å². The Morgan fingerprint density at radius 1 is 0.696 bits per heavy atom. The van der Waals surface area contributed by atoms with Gasteiger partial charge in [0, 0.05) is 6.08 Å². The van der Waals surface area contributed by atoms with Gasteiger partial charge in [0.1, 0.15) is 5.75 Å². The fourth-order valence-corrected chi connectivity index (χ4v) is 2.22. The van der Waals surface area contributed by atoms with Gasteiger partial charge in [-0.15, -0.1) is 0 Å². The SMILES string of the molecule is O=C(C=Cc1ccccc1)Oc1ccc(-c2ccccc2)cc1. The number of hydrogen-bond acceptors (Lipinski definition) is 2. The first-order chi connectivity index (χ1) is 11.3. The number of hydrogen-bond donors (Lipinski definition) is 0. The van der Waals surface area contributed by atoms with Gasteiger partial charge < -0.3 is 4.74 Å². The van der Waals surface area contributed by atoms with E-state index in [9.17, 15) is 4.79 Å². The molecule has 0 N–H and O–H groups in total. The molecule has 0 amide bonds. The Hall–Kier alpha value is -3.13. The average Bonchev–Trinajstić information content (AvgIpc) is 2.62. The van der Waals surface area contributed by atoms with E-state index in [0.29, 0.717) is 5.75 Å². The van der Waals surface area contributed by atoms with E-state index in [1.165, 1.54) is 6.08 Å². The molecule has 0 heterocycles. The number of carbonyl (C=O) groups excluding carboxylic acids is 1. The number of benzene rings is 3. The zero-order valence-electron chi connectivity index (χ0n) is 12.6. The first kappa shape index (κ1) is 14.8. The van der Waals surface area contributed by atoms with Crippen molar-refractivity contribution in [3.8, 4) is 16.9 Å². The summed E-state index contributed by atoms with van der Waals surface area (Å²) in [6.45, 7) is 0. The Balaban J connectivity index is 1.64. The lowest BCUT2D eigenvalue weighted by Crippen LogP contribution is -2.03. The Morgan fingerprint density at radius 3 is 1.91 bits per heavy atom. The van der Waals surface area contributed by atoms with Crippen molar-refractivity contribution in [2.24, 2.45) is 0 Å². The Bertz CT molecular complexity index is 788. The predicted molar refractivity (Wildman–Crippen MR) is 93.0 cm³/mol. The van der Waals surface area contributed by atoms with Gasteiger partial charge in [0.15, 0.2) is 0 Å². The Kier molecular flexibility index (Phi) is 4.65. The van der Waals surface area contributed by atoms with Gasteiger partial charge in [-0.3, -0.25) is 0 Å². The Labute approximate surface area is 135 Å². The maximum absolute atomic E-state index is 11.8. The smallest absolute Gasteiger partial charge is 0.336 e. The molecule has 0 saturated heterocycles. The third-order valence-electron chi connectivity index (χ3n) is 3.39. The number of rotatable bonds is 4. The second-order valence-corrected chi connectivity index (χ2v) is 5.06. The van der Waals surface area contributed by atoms with Crippen LogP contribution in [0.15, 0.2) is 91.0 Å². The van der Waals surface area contributed by atoms with Crippen molar-refractivity contribution in [3.05, 3.63) is 96.6 Å². The van der Waals surface area contributed by atoms with E-state index in [2.05, 4.69) is 0 Å². The van der Waals surface area contributed by atoms with E-state index in [-0.39, 0.29) is 5.97 Å². The van der Waals surface area contributed by atoms with Gasteiger partial charge >= 0.3 is 5.97 Å². The first-order valence-electron chi connectivity index (χ1n) is 7.42. The predicted octanol–water partition coefficient (Wildman–Crippen LogP) is 4.97. The number of ether oxygens (including phenoxy) is 1. The molecule has 0 saturated carbocycles. The second-order valence-electron chi connectivity index (χ2n) is 5.06. The van der Waals surface area contributed by atoms with Crippen LogP contribution in [-0.4, -0.2) is 5.97 Å². The second kappa shape index (κ2) is 7.23. The summed E-state index contributed by atoms with van der Waals surface area (Å²) in [5.74, 6) is 0.147. The fraction of sp³-hybridized carbons (Fsp3) is 0. The molecule has 3 aromatic carbocycles. The molecule has 0 bridgehead atoms. The van der Waals surface area contributed by atoms with E-state index >= 15 is 0 Å². The van der Waals surface area contributed by atoms with Crippen LogP contribution in [0, 0.1) is 0 Å². The van der Waals surface area contributed by atoms with Crippen molar-refractivity contribution in [3.63, 3.8) is 0 Å². The minimum Gasteiger partial charge on any atom is -0.423 e. The zero-order valence-corrected chi connectivity index (χ0v) is 12.6. The standard InChI is InChI=1S/C21H16O2/c22-21(16-11-17-7-3-1-4-8-17)23-20-14-12-19(13-15-20)18-9-5-2-6-10-18/h1-16H. The van der Waals surface area contributed by atoms with E-state index in [4.69, 9.17) is 4.74 Å². The highest BCUT2D eigenvalue weighted by atomic mass is 16.5. The zero-order chi connectivity index (χ0) is 15.9. The highest BCUT2D eigenvalue weighted by molar-refractivity contribution is 5.88. The maximum Gasteiger partial charge on any atom is 0.336 e. The minimum absolute atomic E-state index is 0.388. The lowest BCUT2D eigenvalue weighted by atomic mass is 10.1. The molecular formula is C21H16O2. The summed E-state index contributed by atoms with van der Waals surface area (Å²) in [5.41, 5.74) is 3.18. The summed E-state index contributed by atoms with van der Waals surface area (Å²) < 4.78 is 5.30. The molecule has 2 nitrogen and oxygen atoms in total. The van der Waals surface area contributed by atoms with Crippen LogP contribution in [0.3, 0.4) is 0 Å². The molecule has 0 unspecified atom stereocenters. The van der Waals surface area contributed by atoms with E-state index in [0.717, 1.165) is 16.7 Å². The molecule has 2 heteroatoms. The summed E-state index contributed by atoms with van der Waals surface area (Å²) in [6, 6.07) is 27.2. The van der Waals surface area contributed by atoms with Crippen molar-refractivity contribution >= 4 is 12.0 Å². The van der Waals surface area contributed by atoms with Crippen molar-refractivity contribution < 1.29 is 9.53 Å². The van der Waals surface area contributed by atoms with Crippen molar-refractivity contribution in [2.75, 3.05) is 0 Å². The van der Waals surface area contributed by atoms with Gasteiger partial charge in [0.25, 0.3) is 0 Å². The number of esters is 1. The maximum atomic E-state index is 11.8. The Morgan fingerprint density at radius 2 is 1.26 bits per heavy atom. The van der Waals surface area contributed by atoms with Crippen LogP contribution in [0.4, 0.5) is 0 Å². The van der Waals surface area contributed by atoms with Gasteiger partial charge in [-0.2, -0.15) is 0 Å². The summed E-state index contributed by atoms with van der Waals surface area (Å²) in [4.78, 5) is 11.8. The number of carbonyl (C=O) groups is 1. The van der Waals surface area contributed by atoms with Crippen LogP contribution >= 0.6 is 0 Å². The van der Waals surface area contributed by atoms with Crippen molar-refractivity contribution in [1.29, 1.82) is 0 Å². The monoisotopic (exact) mass is 300 g/mol. The van der Waals surface area contributed by atoms with Gasteiger partial charge in [-0.25, -0.2) is 4.79 Å². The van der Waals surface area contributed by atoms with E-state index in [1.54, 1.807) is 18.2 Å². The van der Waals surface area contributed by atoms with Crippen LogP contribution in [-0.2, 0) is 4.79 Å². The van der Waals surface area contributed by atoms with E-state index in [1.807, 2.05) is 72.8 Å². The molecule has 23 heavy (non-hydrogen) atoms. The molecule has 0 atom stereocenters. The fourth-order valence-electron chi connectivity index (χ4n) is 2.22. The average molecular weight is 300 g/mol. The van der Waals surface area contributed by atoms with Crippen LogP contribution in [0.2, 0.25) is 0 Å². The van der Waals surface area contributed by atoms with Gasteiger partial charge in [0.05, 0.1) is 0 Å². The molecule has 0 aliphatic carbocycles. The van der Waals surface area contributed by atoms with Crippen molar-refractivity contribution in [1.82, 2.24) is 0 Å². The summed E-state index contributed by atoms with van der Waals surface area (Å²) in [5, 5.41) is 0. The molecule has 0 aromatic heterocycles. The minimum atomic E-state index is -0.388. The van der Waals surface area contributed by atoms with Gasteiger partial charge in [0.2, 0.25) is 0 Å². The van der Waals surface area contributed by atoms with E-state index < -0.39 is 0 Å². The molecule has 0 aliphatic rings. The molecule has 0 aliphatic heterocycles. The normalized spacial score (nSPS) is 10.6. The quantitative estimate of drug-likeness (QED) is 0.386. The molecule has 3 aromatic rings. The highest BCUT2D eigenvalue weighted by Gasteiger charge is 2.02. The summed E-state index contributed by atoms with van der Waals surface area (Å²) in [6.07, 6.45) is 3.17. The van der Waals surface area contributed by atoms with Gasteiger partial charge in [-0.1, -0.05) is 72.8 Å². The molecule has 0 fully saturated rings. The lowest BCUT2D eigenvalue weighted by Gasteiger charge is -2.04. The third kappa shape index (κ3) is 4.17.